The van der Waals surface area contributed by atoms with Crippen molar-refractivity contribution in [1.29, 1.82) is 0 Å². The first kappa shape index (κ1) is 13.4. The molecule has 1 atom stereocenters. The lowest BCUT2D eigenvalue weighted by atomic mass is 9.99. The summed E-state index contributed by atoms with van der Waals surface area (Å²) in [5.41, 5.74) is 2.49. The van der Waals surface area contributed by atoms with Gasteiger partial charge in [0.15, 0.2) is 0 Å². The van der Waals surface area contributed by atoms with Gasteiger partial charge in [0.2, 0.25) is 0 Å². The van der Waals surface area contributed by atoms with Gasteiger partial charge in [-0.05, 0) is 37.1 Å². The van der Waals surface area contributed by atoms with Crippen molar-refractivity contribution in [1.82, 2.24) is 0 Å². The highest BCUT2D eigenvalue weighted by molar-refractivity contribution is 7.80. The number of aryl methyl sites for hydroxylation is 2. The van der Waals surface area contributed by atoms with E-state index in [1.54, 1.807) is 0 Å². The van der Waals surface area contributed by atoms with E-state index in [1.165, 1.54) is 11.1 Å². The summed E-state index contributed by atoms with van der Waals surface area (Å²) in [6.45, 7) is 9.37. The van der Waals surface area contributed by atoms with E-state index in [2.05, 4.69) is 58.5 Å². The molecule has 0 radical (unpaired) electrons. The zero-order chi connectivity index (χ0) is 12.1. The summed E-state index contributed by atoms with van der Waals surface area (Å²) >= 11 is 4.36. The van der Waals surface area contributed by atoms with Gasteiger partial charge in [0.05, 0.1) is 6.61 Å². The van der Waals surface area contributed by atoms with Crippen LogP contribution >= 0.6 is 12.6 Å². The molecular formula is C14H22OS. The summed E-state index contributed by atoms with van der Waals surface area (Å²) in [5.74, 6) is 3.01. The molecule has 1 rings (SSSR count). The van der Waals surface area contributed by atoms with Crippen molar-refractivity contribution in [2.24, 2.45) is 11.8 Å². The fraction of sp³-hybridized carbons (Fsp3) is 0.571. The van der Waals surface area contributed by atoms with Crippen LogP contribution in [0.15, 0.2) is 18.2 Å². The second-order valence-corrected chi connectivity index (χ2v) is 5.13. The Morgan fingerprint density at radius 2 is 1.94 bits per heavy atom. The van der Waals surface area contributed by atoms with E-state index in [9.17, 15) is 0 Å². The summed E-state index contributed by atoms with van der Waals surface area (Å²) in [6, 6.07) is 6.30. The molecule has 0 aliphatic heterocycles. The van der Waals surface area contributed by atoms with E-state index < -0.39 is 0 Å². The Bertz CT molecular complexity index is 334. The Balaban J connectivity index is 2.60. The van der Waals surface area contributed by atoms with Crippen LogP contribution in [-0.2, 0) is 0 Å². The molecule has 90 valence electrons. The molecule has 0 fully saturated rings. The Hall–Kier alpha value is -0.630. The van der Waals surface area contributed by atoms with Crippen LogP contribution in [0, 0.1) is 25.7 Å². The van der Waals surface area contributed by atoms with E-state index in [0.717, 1.165) is 18.1 Å². The van der Waals surface area contributed by atoms with Gasteiger partial charge in [-0.2, -0.15) is 12.6 Å². The number of rotatable bonds is 5. The third-order valence-electron chi connectivity index (χ3n) is 2.96. The minimum atomic E-state index is 0.518. The lowest BCUT2D eigenvalue weighted by molar-refractivity contribution is 0.226. The average molecular weight is 238 g/mol. The summed E-state index contributed by atoms with van der Waals surface area (Å²) in [7, 11) is 0. The van der Waals surface area contributed by atoms with Crippen molar-refractivity contribution < 1.29 is 4.74 Å². The second kappa shape index (κ2) is 6.19. The van der Waals surface area contributed by atoms with Crippen LogP contribution in [0.1, 0.15) is 25.0 Å². The van der Waals surface area contributed by atoms with Crippen LogP contribution in [-0.4, -0.2) is 12.4 Å². The zero-order valence-electron chi connectivity index (χ0n) is 10.7. The first-order chi connectivity index (χ1) is 7.54. The van der Waals surface area contributed by atoms with Gasteiger partial charge in [-0.3, -0.25) is 0 Å². The maximum atomic E-state index is 5.86. The van der Waals surface area contributed by atoms with E-state index in [-0.39, 0.29) is 0 Å². The van der Waals surface area contributed by atoms with Gasteiger partial charge in [0.1, 0.15) is 5.75 Å². The average Bonchev–Trinajstić information content (AvgIpc) is 2.21. The molecule has 1 nitrogen and oxygen atoms in total. The van der Waals surface area contributed by atoms with Gasteiger partial charge >= 0.3 is 0 Å². The number of hydrogen-bond acceptors (Lipinski definition) is 2. The maximum absolute atomic E-state index is 5.86. The molecule has 0 bridgehead atoms. The SMILES string of the molecule is Cc1ccc(OCC(CS)C(C)C)c(C)c1. The highest BCUT2D eigenvalue weighted by Gasteiger charge is 2.12. The summed E-state index contributed by atoms with van der Waals surface area (Å²) in [4.78, 5) is 0. The molecule has 1 aromatic rings. The van der Waals surface area contributed by atoms with Gasteiger partial charge in [-0.15, -0.1) is 0 Å². The molecule has 0 saturated heterocycles. The number of benzene rings is 1. The lowest BCUT2D eigenvalue weighted by Crippen LogP contribution is -2.19. The molecular weight excluding hydrogens is 216 g/mol. The molecule has 0 aliphatic carbocycles. The molecule has 1 unspecified atom stereocenters. The molecule has 0 aliphatic rings. The predicted octanol–water partition coefficient (Wildman–Crippen LogP) is 3.88. The predicted molar refractivity (Wildman–Crippen MR) is 73.6 cm³/mol. The fourth-order valence-electron chi connectivity index (χ4n) is 1.61. The molecule has 0 heterocycles. The van der Waals surface area contributed by atoms with Crippen LogP contribution in [0.2, 0.25) is 0 Å². The third kappa shape index (κ3) is 3.75. The fourth-order valence-corrected chi connectivity index (χ4v) is 2.14. The van der Waals surface area contributed by atoms with Gasteiger partial charge < -0.3 is 4.74 Å². The van der Waals surface area contributed by atoms with Gasteiger partial charge in [-0.25, -0.2) is 0 Å². The zero-order valence-corrected chi connectivity index (χ0v) is 11.6. The lowest BCUT2D eigenvalue weighted by Gasteiger charge is -2.19. The van der Waals surface area contributed by atoms with Crippen molar-refractivity contribution in [2.45, 2.75) is 27.7 Å². The highest BCUT2D eigenvalue weighted by atomic mass is 32.1. The molecule has 1 aromatic carbocycles. The maximum Gasteiger partial charge on any atom is 0.122 e. The van der Waals surface area contributed by atoms with Crippen LogP contribution < -0.4 is 4.74 Å². The number of hydrogen-bond donors (Lipinski definition) is 1. The van der Waals surface area contributed by atoms with E-state index in [0.29, 0.717) is 11.8 Å². The minimum Gasteiger partial charge on any atom is -0.493 e. The first-order valence-electron chi connectivity index (χ1n) is 5.85. The van der Waals surface area contributed by atoms with E-state index in [1.807, 2.05) is 0 Å². The minimum absolute atomic E-state index is 0.518. The number of ether oxygens (including phenoxy) is 1. The van der Waals surface area contributed by atoms with Gasteiger partial charge in [0.25, 0.3) is 0 Å². The molecule has 0 N–H and O–H groups in total. The van der Waals surface area contributed by atoms with Crippen LogP contribution in [0.5, 0.6) is 5.75 Å². The summed E-state index contributed by atoms with van der Waals surface area (Å²) in [6.07, 6.45) is 0. The van der Waals surface area contributed by atoms with Gasteiger partial charge in [0, 0.05) is 5.92 Å². The normalized spacial score (nSPS) is 12.9. The molecule has 16 heavy (non-hydrogen) atoms. The van der Waals surface area contributed by atoms with Crippen molar-refractivity contribution in [3.8, 4) is 5.75 Å². The van der Waals surface area contributed by atoms with Crippen LogP contribution in [0.3, 0.4) is 0 Å². The topological polar surface area (TPSA) is 9.23 Å². The van der Waals surface area contributed by atoms with E-state index >= 15 is 0 Å². The highest BCUT2D eigenvalue weighted by Crippen LogP contribution is 2.21. The van der Waals surface area contributed by atoms with Gasteiger partial charge in [-0.1, -0.05) is 31.5 Å². The second-order valence-electron chi connectivity index (χ2n) is 4.77. The smallest absolute Gasteiger partial charge is 0.122 e. The first-order valence-corrected chi connectivity index (χ1v) is 6.48. The molecule has 0 spiro atoms. The Morgan fingerprint density at radius 1 is 1.25 bits per heavy atom. The molecule has 2 heteroatoms. The molecule has 0 saturated carbocycles. The van der Waals surface area contributed by atoms with Crippen molar-refractivity contribution in [3.05, 3.63) is 29.3 Å². The summed E-state index contributed by atoms with van der Waals surface area (Å²) < 4.78 is 5.86. The van der Waals surface area contributed by atoms with Crippen molar-refractivity contribution in [2.75, 3.05) is 12.4 Å². The van der Waals surface area contributed by atoms with Crippen LogP contribution in [0.25, 0.3) is 0 Å². The monoisotopic (exact) mass is 238 g/mol. The van der Waals surface area contributed by atoms with Crippen LogP contribution in [0.4, 0.5) is 0 Å². The summed E-state index contributed by atoms with van der Waals surface area (Å²) in [5, 5.41) is 0. The van der Waals surface area contributed by atoms with Crippen molar-refractivity contribution >= 4 is 12.6 Å². The molecule has 0 aromatic heterocycles. The Morgan fingerprint density at radius 3 is 2.44 bits per heavy atom. The Kier molecular flexibility index (Phi) is 5.20. The standard InChI is InChI=1S/C14H22OS/c1-10(2)13(9-16)8-15-14-6-5-11(3)7-12(14)4/h5-7,10,13,16H,8-9H2,1-4H3. The van der Waals surface area contributed by atoms with E-state index in [4.69, 9.17) is 4.74 Å². The van der Waals surface area contributed by atoms with Crippen molar-refractivity contribution in [3.63, 3.8) is 0 Å². The molecule has 0 amide bonds. The largest absolute Gasteiger partial charge is 0.493 e. The number of thiol groups is 1. The third-order valence-corrected chi connectivity index (χ3v) is 3.43. The Labute approximate surface area is 105 Å². The quantitative estimate of drug-likeness (QED) is 0.766.